The molecule has 2 aromatic heterocycles. The van der Waals surface area contributed by atoms with E-state index in [1.165, 1.54) is 13.4 Å². The zero-order chi connectivity index (χ0) is 32.3. The number of halogens is 2. The van der Waals surface area contributed by atoms with Crippen molar-refractivity contribution in [1.29, 1.82) is 0 Å². The van der Waals surface area contributed by atoms with Crippen molar-refractivity contribution in [3.63, 3.8) is 0 Å². The number of para-hydroxylation sites is 1. The van der Waals surface area contributed by atoms with Gasteiger partial charge in [-0.3, -0.25) is 19.4 Å². The van der Waals surface area contributed by atoms with E-state index >= 15 is 0 Å². The number of fused-ring (bicyclic) bond motifs is 2. The van der Waals surface area contributed by atoms with Crippen LogP contribution in [0.4, 0.5) is 17.2 Å². The third kappa shape index (κ3) is 8.19. The number of benzene rings is 2. The van der Waals surface area contributed by atoms with E-state index in [1.54, 1.807) is 37.2 Å². The summed E-state index contributed by atoms with van der Waals surface area (Å²) in [4.78, 5) is 55.3. The summed E-state index contributed by atoms with van der Waals surface area (Å²) in [7, 11) is 3.21. The molecule has 4 N–H and O–H groups in total. The van der Waals surface area contributed by atoms with E-state index in [2.05, 4.69) is 36.2 Å². The first-order valence-corrected chi connectivity index (χ1v) is 15.0. The number of aromatic nitrogens is 3. The molecule has 14 heteroatoms. The molecule has 3 heterocycles. The van der Waals surface area contributed by atoms with Crippen LogP contribution in [0.5, 0.6) is 5.75 Å². The van der Waals surface area contributed by atoms with E-state index < -0.39 is 23.5 Å². The highest BCUT2D eigenvalue weighted by Crippen LogP contribution is 2.34. The third-order valence-electron chi connectivity index (χ3n) is 8.13. The number of ether oxygens (including phenoxy) is 1. The van der Waals surface area contributed by atoms with Crippen LogP contribution in [-0.4, -0.2) is 76.4 Å². The van der Waals surface area contributed by atoms with Crippen LogP contribution in [0, 0.1) is 5.41 Å². The molecular formula is C33H42Cl2N8O4. The van der Waals surface area contributed by atoms with E-state index in [4.69, 9.17) is 4.74 Å². The predicted molar refractivity (Wildman–Crippen MR) is 189 cm³/mol. The van der Waals surface area contributed by atoms with Crippen molar-refractivity contribution in [3.8, 4) is 5.75 Å². The van der Waals surface area contributed by atoms with E-state index in [-0.39, 0.29) is 42.5 Å². The van der Waals surface area contributed by atoms with Crippen LogP contribution >= 0.6 is 24.8 Å². The topological polar surface area (TPSA) is 150 Å². The first-order chi connectivity index (χ1) is 21.5. The molecule has 1 aliphatic heterocycles. The number of nitrogens with one attached hydrogen (secondary N) is 4. The number of amides is 3. The van der Waals surface area contributed by atoms with Crippen LogP contribution < -0.4 is 26.0 Å². The zero-order valence-corrected chi connectivity index (χ0v) is 28.9. The lowest BCUT2D eigenvalue weighted by atomic mass is 9.85. The minimum Gasteiger partial charge on any atom is -0.494 e. The Bertz CT molecular complexity index is 1750. The number of methoxy groups -OCH3 is 1. The smallest absolute Gasteiger partial charge is 0.247 e. The maximum absolute atomic E-state index is 13.9. The number of rotatable bonds is 9. The number of carbonyl (C=O) groups is 3. The van der Waals surface area contributed by atoms with E-state index in [0.29, 0.717) is 47.5 Å². The lowest BCUT2D eigenvalue weighted by molar-refractivity contribution is -0.143. The standard InChI is InChI=1S/C33H40N8O4.2ClH/c1-19(34-5)30(42)40-28(33(2,3)4)32(44)41-13-9-12-26(41)31(43)39-25-15-22-24(16-27(25)45-6)36-18-37-29(22)38-21-14-20-10-7-8-11-23(20)35-17-21;;/h7-8,10-11,14-19,26,28,34H,9,12-13H2,1-6H3,(H,39,43)(H,40,42)(H,36,37,38);2*1H/t19-,26-,28+;;/m0../s1. The molecule has 0 radical (unpaired) electrons. The monoisotopic (exact) mass is 684 g/mol. The largest absolute Gasteiger partial charge is 0.494 e. The highest BCUT2D eigenvalue weighted by atomic mass is 35.5. The van der Waals surface area contributed by atoms with Gasteiger partial charge in [0.15, 0.2) is 0 Å². The van der Waals surface area contributed by atoms with Gasteiger partial charge >= 0.3 is 0 Å². The molecule has 5 rings (SSSR count). The van der Waals surface area contributed by atoms with Gasteiger partial charge in [0.1, 0.15) is 30.0 Å². The molecule has 0 spiro atoms. The number of pyridine rings is 1. The second-order valence-corrected chi connectivity index (χ2v) is 12.3. The number of likely N-dealkylation sites (N-methyl/N-ethyl adjacent to an activating group) is 1. The Morgan fingerprint density at radius 3 is 2.47 bits per heavy atom. The van der Waals surface area contributed by atoms with Gasteiger partial charge in [0.2, 0.25) is 17.7 Å². The van der Waals surface area contributed by atoms with Gasteiger partial charge < -0.3 is 30.9 Å². The lowest BCUT2D eigenvalue weighted by Gasteiger charge is -2.36. The minimum atomic E-state index is -0.806. The maximum Gasteiger partial charge on any atom is 0.247 e. The fourth-order valence-corrected chi connectivity index (χ4v) is 5.46. The molecule has 0 aliphatic carbocycles. The van der Waals surface area contributed by atoms with Crippen LogP contribution in [0.1, 0.15) is 40.5 Å². The average Bonchev–Trinajstić information content (AvgIpc) is 3.52. The van der Waals surface area contributed by atoms with Gasteiger partial charge in [0.05, 0.1) is 41.8 Å². The quantitative estimate of drug-likeness (QED) is 0.194. The summed E-state index contributed by atoms with van der Waals surface area (Å²) in [6.45, 7) is 7.83. The summed E-state index contributed by atoms with van der Waals surface area (Å²) >= 11 is 0. The SMILES string of the molecule is CN[C@@H](C)C(=O)N[C@H](C(=O)N1CCC[C@H]1C(=O)Nc1cc2c(Nc3cnc4ccccc4c3)ncnc2cc1OC)C(C)(C)C.Cl.Cl. The van der Waals surface area contributed by atoms with Crippen molar-refractivity contribution in [1.82, 2.24) is 30.5 Å². The van der Waals surface area contributed by atoms with Crippen molar-refractivity contribution in [2.45, 2.75) is 58.7 Å². The first kappa shape index (κ1) is 37.2. The Morgan fingerprint density at radius 2 is 1.77 bits per heavy atom. The van der Waals surface area contributed by atoms with Crippen molar-refractivity contribution < 1.29 is 19.1 Å². The van der Waals surface area contributed by atoms with Gasteiger partial charge in [-0.05, 0) is 50.4 Å². The normalized spacial score (nSPS) is 15.6. The molecule has 0 saturated carbocycles. The molecule has 1 aliphatic rings. The van der Waals surface area contributed by atoms with E-state index in [0.717, 1.165) is 16.6 Å². The molecule has 1 saturated heterocycles. The molecule has 3 amide bonds. The molecule has 252 valence electrons. The van der Waals surface area contributed by atoms with Crippen LogP contribution in [0.15, 0.2) is 55.0 Å². The highest BCUT2D eigenvalue weighted by Gasteiger charge is 2.42. The Labute approximate surface area is 286 Å². The number of anilines is 3. The summed E-state index contributed by atoms with van der Waals surface area (Å²) in [5, 5.41) is 13.8. The van der Waals surface area contributed by atoms with Crippen molar-refractivity contribution >= 4 is 81.5 Å². The maximum atomic E-state index is 13.9. The van der Waals surface area contributed by atoms with Gasteiger partial charge in [-0.15, -0.1) is 24.8 Å². The molecule has 47 heavy (non-hydrogen) atoms. The number of likely N-dealkylation sites (tertiary alicyclic amines) is 1. The van der Waals surface area contributed by atoms with Crippen LogP contribution in [0.2, 0.25) is 0 Å². The van der Waals surface area contributed by atoms with Crippen LogP contribution in [0.25, 0.3) is 21.8 Å². The Hall–Kier alpha value is -4.26. The van der Waals surface area contributed by atoms with Crippen molar-refractivity contribution in [3.05, 3.63) is 55.0 Å². The van der Waals surface area contributed by atoms with Crippen LogP contribution in [-0.2, 0) is 14.4 Å². The molecule has 0 unspecified atom stereocenters. The zero-order valence-electron chi connectivity index (χ0n) is 27.3. The molecule has 3 atom stereocenters. The van der Waals surface area contributed by atoms with Crippen molar-refractivity contribution in [2.24, 2.45) is 5.41 Å². The van der Waals surface area contributed by atoms with Gasteiger partial charge in [-0.25, -0.2) is 9.97 Å². The van der Waals surface area contributed by atoms with Gasteiger partial charge in [-0.1, -0.05) is 39.0 Å². The predicted octanol–water partition coefficient (Wildman–Crippen LogP) is 4.84. The summed E-state index contributed by atoms with van der Waals surface area (Å²) in [5.41, 5.74) is 2.10. The third-order valence-corrected chi connectivity index (χ3v) is 8.13. The second kappa shape index (κ2) is 15.6. The van der Waals surface area contributed by atoms with Gasteiger partial charge in [0.25, 0.3) is 0 Å². The molecular weight excluding hydrogens is 643 g/mol. The fourth-order valence-electron chi connectivity index (χ4n) is 5.46. The fraction of sp³-hybridized carbons (Fsp3) is 0.394. The molecule has 0 bridgehead atoms. The number of carbonyl (C=O) groups excluding carboxylic acids is 3. The summed E-state index contributed by atoms with van der Waals surface area (Å²) in [6.07, 6.45) is 4.36. The second-order valence-electron chi connectivity index (χ2n) is 12.3. The molecule has 2 aromatic carbocycles. The van der Waals surface area contributed by atoms with Gasteiger partial charge in [-0.2, -0.15) is 0 Å². The number of hydrogen-bond donors (Lipinski definition) is 4. The minimum absolute atomic E-state index is 0. The summed E-state index contributed by atoms with van der Waals surface area (Å²) in [6, 6.07) is 11.3. The Morgan fingerprint density at radius 1 is 1.02 bits per heavy atom. The molecule has 1 fully saturated rings. The Balaban J connectivity index is 0.00000300. The summed E-state index contributed by atoms with van der Waals surface area (Å²) in [5.74, 6) is 0.0485. The molecule has 12 nitrogen and oxygen atoms in total. The average molecular weight is 686 g/mol. The first-order valence-electron chi connectivity index (χ1n) is 15.0. The number of hydrogen-bond acceptors (Lipinski definition) is 9. The lowest BCUT2D eigenvalue weighted by Crippen LogP contribution is -2.59. The van der Waals surface area contributed by atoms with Gasteiger partial charge in [0, 0.05) is 23.4 Å². The van der Waals surface area contributed by atoms with Crippen LogP contribution in [0.3, 0.4) is 0 Å². The van der Waals surface area contributed by atoms with E-state index in [9.17, 15) is 14.4 Å². The Kier molecular flexibility index (Phi) is 12.3. The van der Waals surface area contributed by atoms with Crippen molar-refractivity contribution in [2.75, 3.05) is 31.3 Å². The summed E-state index contributed by atoms with van der Waals surface area (Å²) < 4.78 is 5.62. The molecule has 4 aromatic rings. The highest BCUT2D eigenvalue weighted by molar-refractivity contribution is 6.03. The number of nitrogens with zero attached hydrogens (tertiary/aromatic N) is 4. The van der Waals surface area contributed by atoms with E-state index in [1.807, 2.05) is 51.1 Å².